The summed E-state index contributed by atoms with van der Waals surface area (Å²) in [5.41, 5.74) is 0. The van der Waals surface area contributed by atoms with Crippen LogP contribution < -0.4 is 5.32 Å². The van der Waals surface area contributed by atoms with Gasteiger partial charge in [-0.1, -0.05) is 25.1 Å². The summed E-state index contributed by atoms with van der Waals surface area (Å²) in [7, 11) is 0. The van der Waals surface area contributed by atoms with E-state index in [9.17, 15) is 4.79 Å². The largest absolute Gasteiger partial charge is 0.355 e. The van der Waals surface area contributed by atoms with Crippen LogP contribution in [0.1, 0.15) is 42.8 Å². The summed E-state index contributed by atoms with van der Waals surface area (Å²) in [6.07, 6.45) is 0.878. The van der Waals surface area contributed by atoms with Gasteiger partial charge in [-0.2, -0.15) is 16.7 Å². The number of amides is 1. The summed E-state index contributed by atoms with van der Waals surface area (Å²) in [6.45, 7) is 4.71. The summed E-state index contributed by atoms with van der Waals surface area (Å²) in [5.74, 6) is 3.42. The summed E-state index contributed by atoms with van der Waals surface area (Å²) in [6, 6.07) is 4.19. The lowest BCUT2D eigenvalue weighted by atomic mass is 10.2. The summed E-state index contributed by atoms with van der Waals surface area (Å²) in [4.78, 5) is 17.4. The highest BCUT2D eigenvalue weighted by molar-refractivity contribution is 7.98. The number of carbonyl (C=O) groups is 1. The van der Waals surface area contributed by atoms with E-state index in [1.807, 2.05) is 25.6 Å². The molecule has 7 heteroatoms. The Labute approximate surface area is 138 Å². The number of rotatable bonds is 9. The third-order valence-corrected chi connectivity index (χ3v) is 5.03. The van der Waals surface area contributed by atoms with Crippen molar-refractivity contribution in [3.8, 4) is 0 Å². The molecule has 0 spiro atoms. The Hall–Kier alpha value is -1.34. The second-order valence-corrected chi connectivity index (χ2v) is 7.32. The van der Waals surface area contributed by atoms with Gasteiger partial charge in [0.15, 0.2) is 5.82 Å². The predicted octanol–water partition coefficient (Wildman–Crippen LogP) is 3.24. The molecule has 0 aliphatic carbocycles. The van der Waals surface area contributed by atoms with Gasteiger partial charge in [-0.15, -0.1) is 11.3 Å². The molecule has 0 aliphatic rings. The Bertz CT molecular complexity index is 567. The lowest BCUT2D eigenvalue weighted by Crippen LogP contribution is -2.25. The van der Waals surface area contributed by atoms with Gasteiger partial charge in [0.2, 0.25) is 11.8 Å². The molecular formula is C15H21N3O2S2. The van der Waals surface area contributed by atoms with E-state index in [2.05, 4.69) is 33.0 Å². The second kappa shape index (κ2) is 8.95. The molecule has 2 rings (SSSR count). The molecule has 0 fully saturated rings. The lowest BCUT2D eigenvalue weighted by Gasteiger charge is -2.03. The normalized spacial score (nSPS) is 11.0. The van der Waals surface area contributed by atoms with Gasteiger partial charge in [-0.05, 0) is 11.4 Å². The van der Waals surface area contributed by atoms with Gasteiger partial charge in [0.05, 0.1) is 0 Å². The molecule has 0 saturated carbocycles. The standard InChI is InChI=1S/C15H21N3O2S2/c1-11(2)15-17-14(20-18-15)6-5-13(19)16-7-9-21-10-12-4-3-8-22-12/h3-4,8,11H,5-7,9-10H2,1-2H3,(H,16,19). The number of carbonyl (C=O) groups excluding carboxylic acids is 1. The van der Waals surface area contributed by atoms with Crippen molar-refractivity contribution in [3.05, 3.63) is 34.1 Å². The highest BCUT2D eigenvalue weighted by Crippen LogP contribution is 2.16. The second-order valence-electron chi connectivity index (χ2n) is 5.18. The van der Waals surface area contributed by atoms with Crippen molar-refractivity contribution < 1.29 is 9.32 Å². The average molecular weight is 339 g/mol. The third-order valence-electron chi connectivity index (χ3n) is 2.96. The number of aromatic nitrogens is 2. The van der Waals surface area contributed by atoms with E-state index in [1.165, 1.54) is 4.88 Å². The first kappa shape index (κ1) is 17.0. The minimum Gasteiger partial charge on any atom is -0.355 e. The topological polar surface area (TPSA) is 68.0 Å². The SMILES string of the molecule is CC(C)c1noc(CCC(=O)NCCSCc2cccs2)n1. The molecule has 22 heavy (non-hydrogen) atoms. The van der Waals surface area contributed by atoms with Crippen LogP contribution in [0.4, 0.5) is 0 Å². The fourth-order valence-corrected chi connectivity index (χ4v) is 3.44. The molecule has 0 unspecified atom stereocenters. The molecule has 2 aromatic rings. The van der Waals surface area contributed by atoms with Crippen LogP contribution >= 0.6 is 23.1 Å². The van der Waals surface area contributed by atoms with E-state index >= 15 is 0 Å². The molecule has 0 radical (unpaired) electrons. The average Bonchev–Trinajstić information content (AvgIpc) is 3.16. The van der Waals surface area contributed by atoms with E-state index in [1.54, 1.807) is 11.3 Å². The van der Waals surface area contributed by atoms with E-state index in [-0.39, 0.29) is 11.8 Å². The molecule has 2 heterocycles. The van der Waals surface area contributed by atoms with Crippen molar-refractivity contribution in [2.45, 2.75) is 38.4 Å². The van der Waals surface area contributed by atoms with Crippen molar-refractivity contribution in [2.24, 2.45) is 0 Å². The quantitative estimate of drug-likeness (QED) is 0.710. The van der Waals surface area contributed by atoms with Crippen LogP contribution in [0, 0.1) is 0 Å². The third kappa shape index (κ3) is 5.81. The van der Waals surface area contributed by atoms with Crippen LogP contribution in [-0.2, 0) is 17.0 Å². The molecule has 0 aromatic carbocycles. The maximum Gasteiger partial charge on any atom is 0.227 e. The highest BCUT2D eigenvalue weighted by atomic mass is 32.2. The van der Waals surface area contributed by atoms with Crippen molar-refractivity contribution >= 4 is 29.0 Å². The number of hydrogen-bond acceptors (Lipinski definition) is 6. The molecule has 0 bridgehead atoms. The molecule has 1 amide bonds. The lowest BCUT2D eigenvalue weighted by molar-refractivity contribution is -0.121. The number of thiophene rings is 1. The van der Waals surface area contributed by atoms with Crippen molar-refractivity contribution in [1.82, 2.24) is 15.5 Å². The van der Waals surface area contributed by atoms with E-state index in [0.29, 0.717) is 31.1 Å². The fraction of sp³-hybridized carbons (Fsp3) is 0.533. The smallest absolute Gasteiger partial charge is 0.227 e. The zero-order valence-corrected chi connectivity index (χ0v) is 14.5. The number of nitrogens with one attached hydrogen (secondary N) is 1. The summed E-state index contributed by atoms with van der Waals surface area (Å²) in [5, 5.41) is 8.88. The number of thioether (sulfide) groups is 1. The monoisotopic (exact) mass is 339 g/mol. The first-order valence-corrected chi connectivity index (χ1v) is 9.38. The molecule has 2 aromatic heterocycles. The minimum atomic E-state index is 0.0287. The van der Waals surface area contributed by atoms with Crippen molar-refractivity contribution in [1.29, 1.82) is 0 Å². The fourth-order valence-electron chi connectivity index (χ4n) is 1.74. The first-order chi connectivity index (χ1) is 10.6. The van der Waals surface area contributed by atoms with Gasteiger partial charge in [0, 0.05) is 41.7 Å². The Morgan fingerprint density at radius 3 is 3.05 bits per heavy atom. The van der Waals surface area contributed by atoms with Crippen LogP contribution in [0.3, 0.4) is 0 Å². The maximum atomic E-state index is 11.7. The Balaban J connectivity index is 1.55. The predicted molar refractivity (Wildman–Crippen MR) is 90.2 cm³/mol. The van der Waals surface area contributed by atoms with Gasteiger partial charge < -0.3 is 9.84 Å². The van der Waals surface area contributed by atoms with Crippen LogP contribution in [0.25, 0.3) is 0 Å². The number of aryl methyl sites for hydroxylation is 1. The molecule has 120 valence electrons. The van der Waals surface area contributed by atoms with E-state index < -0.39 is 0 Å². The van der Waals surface area contributed by atoms with Crippen LogP contribution in [0.5, 0.6) is 0 Å². The Morgan fingerprint density at radius 2 is 2.36 bits per heavy atom. The van der Waals surface area contributed by atoms with Gasteiger partial charge in [0.1, 0.15) is 0 Å². The van der Waals surface area contributed by atoms with Crippen LogP contribution in [0.2, 0.25) is 0 Å². The van der Waals surface area contributed by atoms with Crippen LogP contribution in [0.15, 0.2) is 22.0 Å². The molecule has 0 atom stereocenters. The number of nitrogens with zero attached hydrogens (tertiary/aromatic N) is 2. The molecule has 0 saturated heterocycles. The number of hydrogen-bond donors (Lipinski definition) is 1. The first-order valence-electron chi connectivity index (χ1n) is 7.34. The van der Waals surface area contributed by atoms with Crippen LogP contribution in [-0.4, -0.2) is 28.3 Å². The zero-order chi connectivity index (χ0) is 15.8. The van der Waals surface area contributed by atoms with E-state index in [4.69, 9.17) is 4.52 Å². The van der Waals surface area contributed by atoms with Gasteiger partial charge >= 0.3 is 0 Å². The van der Waals surface area contributed by atoms with Gasteiger partial charge in [-0.3, -0.25) is 4.79 Å². The Morgan fingerprint density at radius 1 is 1.50 bits per heavy atom. The van der Waals surface area contributed by atoms with Crippen molar-refractivity contribution in [2.75, 3.05) is 12.3 Å². The van der Waals surface area contributed by atoms with Crippen molar-refractivity contribution in [3.63, 3.8) is 0 Å². The van der Waals surface area contributed by atoms with Gasteiger partial charge in [0.25, 0.3) is 0 Å². The highest BCUT2D eigenvalue weighted by Gasteiger charge is 2.11. The van der Waals surface area contributed by atoms with Gasteiger partial charge in [-0.25, -0.2) is 0 Å². The van der Waals surface area contributed by atoms with E-state index in [0.717, 1.165) is 11.5 Å². The molecular weight excluding hydrogens is 318 g/mol. The molecule has 5 nitrogen and oxygen atoms in total. The maximum absolute atomic E-state index is 11.7. The zero-order valence-electron chi connectivity index (χ0n) is 12.9. The summed E-state index contributed by atoms with van der Waals surface area (Å²) < 4.78 is 5.12. The molecule has 1 N–H and O–H groups in total. The summed E-state index contributed by atoms with van der Waals surface area (Å²) >= 11 is 3.59. The minimum absolute atomic E-state index is 0.0287. The Kier molecular flexibility index (Phi) is 6.92. The molecule has 0 aliphatic heterocycles.